The number of aliphatic hydroxyl groups excluding tert-OH is 1. The van der Waals surface area contributed by atoms with Crippen molar-refractivity contribution in [1.29, 1.82) is 0 Å². The smallest absolute Gasteiger partial charge is 0.408 e. The molecular formula is C13H22N2O3. The summed E-state index contributed by atoms with van der Waals surface area (Å²) in [6, 6.07) is 0. The summed E-state index contributed by atoms with van der Waals surface area (Å²) in [6.45, 7) is 7.21. The normalized spacial score (nSPS) is 39.3. The Morgan fingerprint density at radius 2 is 1.89 bits per heavy atom. The molecule has 1 heterocycles. The molecule has 2 bridgehead atoms. The van der Waals surface area contributed by atoms with E-state index in [1.807, 2.05) is 20.8 Å². The fourth-order valence-electron chi connectivity index (χ4n) is 3.57. The van der Waals surface area contributed by atoms with Gasteiger partial charge in [0.1, 0.15) is 5.60 Å². The number of ether oxygens (including phenoxy) is 1. The molecule has 2 N–H and O–H groups in total. The highest BCUT2D eigenvalue weighted by Gasteiger charge is 2.72. The molecule has 3 saturated carbocycles. The highest BCUT2D eigenvalue weighted by atomic mass is 16.6. The molecule has 102 valence electrons. The highest BCUT2D eigenvalue weighted by Crippen LogP contribution is 2.64. The molecule has 0 radical (unpaired) electrons. The summed E-state index contributed by atoms with van der Waals surface area (Å²) < 4.78 is 5.28. The maximum Gasteiger partial charge on any atom is 0.408 e. The van der Waals surface area contributed by atoms with Gasteiger partial charge < -0.3 is 15.2 Å². The Labute approximate surface area is 107 Å². The van der Waals surface area contributed by atoms with Crippen LogP contribution in [0.5, 0.6) is 0 Å². The quantitative estimate of drug-likeness (QED) is 0.767. The van der Waals surface area contributed by atoms with Crippen molar-refractivity contribution in [2.45, 2.75) is 62.8 Å². The van der Waals surface area contributed by atoms with Gasteiger partial charge in [0.2, 0.25) is 0 Å². The average Bonchev–Trinajstić information content (AvgIpc) is 2.00. The van der Waals surface area contributed by atoms with Crippen LogP contribution in [0.15, 0.2) is 0 Å². The van der Waals surface area contributed by atoms with Gasteiger partial charge in [0.05, 0.1) is 6.10 Å². The minimum Gasteiger partial charge on any atom is -0.444 e. The van der Waals surface area contributed by atoms with Crippen molar-refractivity contribution in [3.05, 3.63) is 0 Å². The summed E-state index contributed by atoms with van der Waals surface area (Å²) in [4.78, 5) is 14.1. The molecule has 0 aromatic heterocycles. The summed E-state index contributed by atoms with van der Waals surface area (Å²) in [5.74, 6) is 0. The molecule has 4 fully saturated rings. The van der Waals surface area contributed by atoms with Crippen LogP contribution in [0.25, 0.3) is 0 Å². The predicted octanol–water partition coefficient (Wildman–Crippen LogP) is 0.863. The summed E-state index contributed by atoms with van der Waals surface area (Å²) >= 11 is 0. The zero-order valence-corrected chi connectivity index (χ0v) is 11.3. The number of carbonyl (C=O) groups is 1. The molecule has 4 rings (SSSR count). The van der Waals surface area contributed by atoms with Gasteiger partial charge in [-0.05, 0) is 40.0 Å². The Hall–Kier alpha value is -0.810. The Morgan fingerprint density at radius 3 is 2.33 bits per heavy atom. The lowest BCUT2D eigenvalue weighted by atomic mass is 9.43. The molecule has 18 heavy (non-hydrogen) atoms. The molecule has 5 nitrogen and oxygen atoms in total. The zero-order chi connectivity index (χ0) is 13.2. The Balaban J connectivity index is 1.47. The summed E-state index contributed by atoms with van der Waals surface area (Å²) in [5, 5.41) is 12.3. The number of likely N-dealkylation sites (tertiary alicyclic amines) is 1. The second-order valence-corrected chi connectivity index (χ2v) is 7.22. The molecule has 0 unspecified atom stereocenters. The van der Waals surface area contributed by atoms with E-state index in [4.69, 9.17) is 4.74 Å². The average molecular weight is 254 g/mol. The molecule has 0 aromatic rings. The van der Waals surface area contributed by atoms with Gasteiger partial charge in [0, 0.05) is 24.2 Å². The first-order valence-electron chi connectivity index (χ1n) is 6.66. The summed E-state index contributed by atoms with van der Waals surface area (Å²) in [5.41, 5.74) is -0.190. The first-order chi connectivity index (χ1) is 8.22. The number of nitrogens with zero attached hydrogens (tertiary/aromatic N) is 1. The zero-order valence-electron chi connectivity index (χ0n) is 11.3. The Morgan fingerprint density at radius 1 is 1.33 bits per heavy atom. The van der Waals surface area contributed by atoms with Crippen LogP contribution in [0.3, 0.4) is 0 Å². The molecule has 0 spiro atoms. The van der Waals surface area contributed by atoms with Crippen LogP contribution in [-0.2, 0) is 4.74 Å². The molecule has 0 atom stereocenters. The first kappa shape index (κ1) is 12.2. The standard InChI is InChI=1S/C13H22N2O3/c1-11(2,3)18-10(17)14-12-6-13(7-12,8-12)15-4-9(16)5-15/h9,16H,4-8H2,1-3H3,(H,14,17). The van der Waals surface area contributed by atoms with Gasteiger partial charge in [-0.2, -0.15) is 0 Å². The van der Waals surface area contributed by atoms with E-state index in [9.17, 15) is 9.90 Å². The third-order valence-corrected chi connectivity index (χ3v) is 4.30. The summed E-state index contributed by atoms with van der Waals surface area (Å²) in [7, 11) is 0. The number of alkyl carbamates (subject to hydrolysis) is 1. The molecule has 3 aliphatic carbocycles. The highest BCUT2D eigenvalue weighted by molar-refractivity contribution is 5.70. The monoisotopic (exact) mass is 254 g/mol. The van der Waals surface area contributed by atoms with Crippen LogP contribution in [0, 0.1) is 0 Å². The molecule has 5 heteroatoms. The van der Waals surface area contributed by atoms with Crippen LogP contribution in [0.1, 0.15) is 40.0 Å². The summed E-state index contributed by atoms with van der Waals surface area (Å²) in [6.07, 6.45) is 2.57. The number of amides is 1. The second-order valence-electron chi connectivity index (χ2n) is 7.22. The van der Waals surface area contributed by atoms with Crippen LogP contribution in [0.4, 0.5) is 4.79 Å². The van der Waals surface area contributed by atoms with Gasteiger partial charge in [-0.1, -0.05) is 0 Å². The van der Waals surface area contributed by atoms with Crippen molar-refractivity contribution in [3.63, 3.8) is 0 Å². The minimum absolute atomic E-state index is 0.0249. The largest absolute Gasteiger partial charge is 0.444 e. The Kier molecular flexibility index (Phi) is 2.31. The molecule has 1 amide bonds. The molecule has 1 aliphatic heterocycles. The predicted molar refractivity (Wildman–Crippen MR) is 66.3 cm³/mol. The number of carbonyl (C=O) groups excluding carboxylic acids is 1. The van der Waals surface area contributed by atoms with E-state index in [0.29, 0.717) is 0 Å². The van der Waals surface area contributed by atoms with E-state index in [0.717, 1.165) is 32.4 Å². The van der Waals surface area contributed by atoms with Gasteiger partial charge in [-0.15, -0.1) is 0 Å². The fraction of sp³-hybridized carbons (Fsp3) is 0.923. The molecular weight excluding hydrogens is 232 g/mol. The lowest BCUT2D eigenvalue weighted by molar-refractivity contribution is -0.218. The van der Waals surface area contributed by atoms with Gasteiger partial charge in [-0.25, -0.2) is 4.79 Å². The maximum absolute atomic E-state index is 11.7. The van der Waals surface area contributed by atoms with E-state index in [2.05, 4.69) is 10.2 Å². The molecule has 1 saturated heterocycles. The van der Waals surface area contributed by atoms with Crippen molar-refractivity contribution < 1.29 is 14.6 Å². The number of hydrogen-bond donors (Lipinski definition) is 2. The van der Waals surface area contributed by atoms with Crippen molar-refractivity contribution in [2.24, 2.45) is 0 Å². The van der Waals surface area contributed by atoms with Gasteiger partial charge >= 0.3 is 6.09 Å². The minimum atomic E-state index is -0.438. The molecule has 0 aromatic carbocycles. The lowest BCUT2D eigenvalue weighted by Gasteiger charge is -2.75. The maximum atomic E-state index is 11.7. The van der Waals surface area contributed by atoms with Crippen molar-refractivity contribution in [1.82, 2.24) is 10.2 Å². The van der Waals surface area contributed by atoms with E-state index in [-0.39, 0.29) is 23.3 Å². The van der Waals surface area contributed by atoms with E-state index >= 15 is 0 Å². The van der Waals surface area contributed by atoms with Gasteiger partial charge in [-0.3, -0.25) is 4.90 Å². The Bertz CT molecular complexity index is 362. The topological polar surface area (TPSA) is 61.8 Å². The lowest BCUT2D eigenvalue weighted by Crippen LogP contribution is -2.86. The van der Waals surface area contributed by atoms with Crippen molar-refractivity contribution in [3.8, 4) is 0 Å². The third kappa shape index (κ3) is 1.80. The van der Waals surface area contributed by atoms with Crippen LogP contribution in [-0.4, -0.2) is 52.0 Å². The van der Waals surface area contributed by atoms with Crippen LogP contribution >= 0.6 is 0 Å². The third-order valence-electron chi connectivity index (χ3n) is 4.30. The number of β-amino-alcohol motifs (C(OH)–C–C–N with tert-alkyl or cyclic N) is 1. The van der Waals surface area contributed by atoms with E-state index in [1.54, 1.807) is 0 Å². The SMILES string of the molecule is CC(C)(C)OC(=O)NC12CC(N3CC(O)C3)(C1)C2. The van der Waals surface area contributed by atoms with Crippen LogP contribution in [0.2, 0.25) is 0 Å². The first-order valence-corrected chi connectivity index (χ1v) is 6.66. The molecule has 4 aliphatic rings. The number of aliphatic hydroxyl groups is 1. The van der Waals surface area contributed by atoms with Crippen LogP contribution < -0.4 is 5.32 Å². The second kappa shape index (κ2) is 3.39. The van der Waals surface area contributed by atoms with E-state index < -0.39 is 5.60 Å². The van der Waals surface area contributed by atoms with E-state index in [1.165, 1.54) is 0 Å². The van der Waals surface area contributed by atoms with Gasteiger partial charge in [0.25, 0.3) is 0 Å². The fourth-order valence-corrected chi connectivity index (χ4v) is 3.57. The van der Waals surface area contributed by atoms with Gasteiger partial charge in [0.15, 0.2) is 0 Å². The number of rotatable bonds is 2. The van der Waals surface area contributed by atoms with Crippen molar-refractivity contribution in [2.75, 3.05) is 13.1 Å². The number of hydrogen-bond acceptors (Lipinski definition) is 4. The van der Waals surface area contributed by atoms with Crippen molar-refractivity contribution >= 4 is 6.09 Å². The number of nitrogens with one attached hydrogen (secondary N) is 1.